The highest BCUT2D eigenvalue weighted by molar-refractivity contribution is 6.32. The molecule has 1 aromatic carbocycles. The molecule has 1 saturated carbocycles. The van der Waals surface area contributed by atoms with Crippen LogP contribution in [-0.4, -0.2) is 100.0 Å². The number of aliphatic hydroxyl groups excluding tert-OH is 2. The van der Waals surface area contributed by atoms with Gasteiger partial charge in [-0.3, -0.25) is 14.4 Å². The standard InChI is InChI=1S/C25H31ClF3N3O6/c1-15-23(37)31(13-17(33)12-21(35)30-7-6-24(4-5-24)20(34)14-30)8-9-32(15)22(36)11-16-2-3-19(18(26)10-16)38-25(27,28)29/h2-3,10,15,17,20,33-34H,4-9,11-14H2,1H3/t15-,17?,20+/m0/s1. The maximum Gasteiger partial charge on any atom is 0.573 e. The molecule has 1 aliphatic carbocycles. The molecule has 4 rings (SSSR count). The first kappa shape index (κ1) is 28.4. The quantitative estimate of drug-likeness (QED) is 0.527. The van der Waals surface area contributed by atoms with Gasteiger partial charge in [-0.1, -0.05) is 17.7 Å². The smallest absolute Gasteiger partial charge is 0.404 e. The number of amides is 3. The second-order valence-electron chi connectivity index (χ2n) is 10.4. The molecule has 2 saturated heterocycles. The number of rotatable bonds is 7. The molecule has 0 bridgehead atoms. The van der Waals surface area contributed by atoms with Gasteiger partial charge in [0.15, 0.2) is 0 Å². The first-order valence-corrected chi connectivity index (χ1v) is 12.9. The Morgan fingerprint density at radius 2 is 1.89 bits per heavy atom. The van der Waals surface area contributed by atoms with Crippen LogP contribution in [0, 0.1) is 5.41 Å². The van der Waals surface area contributed by atoms with Gasteiger partial charge in [0.25, 0.3) is 0 Å². The van der Waals surface area contributed by atoms with Crippen LogP contribution in [-0.2, 0) is 20.8 Å². The van der Waals surface area contributed by atoms with Crippen molar-refractivity contribution in [2.75, 3.05) is 32.7 Å². The second kappa shape index (κ2) is 10.9. The van der Waals surface area contributed by atoms with Gasteiger partial charge in [-0.15, -0.1) is 13.2 Å². The van der Waals surface area contributed by atoms with Crippen LogP contribution in [0.3, 0.4) is 0 Å². The lowest BCUT2D eigenvalue weighted by atomic mass is 9.90. The Hall–Kier alpha value is -2.57. The monoisotopic (exact) mass is 561 g/mol. The number of hydrogen-bond donors (Lipinski definition) is 2. The lowest BCUT2D eigenvalue weighted by molar-refractivity contribution is -0.274. The molecule has 3 aliphatic rings. The maximum absolute atomic E-state index is 12.9. The van der Waals surface area contributed by atoms with Crippen LogP contribution in [0.5, 0.6) is 5.75 Å². The summed E-state index contributed by atoms with van der Waals surface area (Å²) in [6.45, 7) is 2.64. The molecule has 38 heavy (non-hydrogen) atoms. The molecule has 3 fully saturated rings. The predicted octanol–water partition coefficient (Wildman–Crippen LogP) is 1.96. The zero-order valence-corrected chi connectivity index (χ0v) is 21.7. The summed E-state index contributed by atoms with van der Waals surface area (Å²) in [5.41, 5.74) is 0.327. The molecule has 1 spiro atoms. The number of β-amino-alcohol motifs (C(OH)–C–C–N with tert-alkyl or cyclic N) is 2. The van der Waals surface area contributed by atoms with Crippen molar-refractivity contribution in [3.63, 3.8) is 0 Å². The third-order valence-corrected chi connectivity index (χ3v) is 8.01. The second-order valence-corrected chi connectivity index (χ2v) is 10.8. The first-order valence-electron chi connectivity index (χ1n) is 12.5. The number of halogens is 4. The fourth-order valence-corrected chi connectivity index (χ4v) is 5.47. The van der Waals surface area contributed by atoms with Gasteiger partial charge in [-0.2, -0.15) is 0 Å². The molecule has 0 radical (unpaired) electrons. The lowest BCUT2D eigenvalue weighted by Crippen LogP contribution is -2.59. The number of piperazine rings is 1. The number of nitrogens with zero attached hydrogens (tertiary/aromatic N) is 3. The summed E-state index contributed by atoms with van der Waals surface area (Å²) in [7, 11) is 0. The Morgan fingerprint density at radius 1 is 1.18 bits per heavy atom. The third-order valence-electron chi connectivity index (χ3n) is 7.71. The molecule has 2 aliphatic heterocycles. The number of carbonyl (C=O) groups is 3. The van der Waals surface area contributed by atoms with Gasteiger partial charge >= 0.3 is 6.36 Å². The highest BCUT2D eigenvalue weighted by Gasteiger charge is 2.51. The molecule has 1 aromatic rings. The lowest BCUT2D eigenvalue weighted by Gasteiger charge is -2.40. The number of ether oxygens (including phenoxy) is 1. The van der Waals surface area contributed by atoms with Crippen molar-refractivity contribution < 1.29 is 42.5 Å². The van der Waals surface area contributed by atoms with Crippen molar-refractivity contribution in [3.05, 3.63) is 28.8 Å². The van der Waals surface area contributed by atoms with Gasteiger partial charge in [0, 0.05) is 32.7 Å². The van der Waals surface area contributed by atoms with E-state index >= 15 is 0 Å². The minimum absolute atomic E-state index is 0.0354. The van der Waals surface area contributed by atoms with E-state index in [9.17, 15) is 37.8 Å². The molecule has 9 nitrogen and oxygen atoms in total. The van der Waals surface area contributed by atoms with Gasteiger partial charge in [0.1, 0.15) is 11.8 Å². The van der Waals surface area contributed by atoms with Gasteiger partial charge in [-0.05, 0) is 49.3 Å². The van der Waals surface area contributed by atoms with E-state index < -0.39 is 36.3 Å². The Kier molecular flexibility index (Phi) is 8.15. The summed E-state index contributed by atoms with van der Waals surface area (Å²) in [5, 5.41) is 20.5. The summed E-state index contributed by atoms with van der Waals surface area (Å²) >= 11 is 5.86. The van der Waals surface area contributed by atoms with Crippen molar-refractivity contribution in [1.82, 2.24) is 14.7 Å². The first-order chi connectivity index (χ1) is 17.8. The van der Waals surface area contributed by atoms with Crippen LogP contribution in [0.15, 0.2) is 18.2 Å². The number of likely N-dealkylation sites (tertiary alicyclic amines) is 1. The largest absolute Gasteiger partial charge is 0.573 e. The minimum Gasteiger partial charge on any atom is -0.404 e. The average Bonchev–Trinajstić information content (AvgIpc) is 3.60. The van der Waals surface area contributed by atoms with Crippen LogP contribution in [0.1, 0.15) is 38.2 Å². The Bertz CT molecular complexity index is 1080. The zero-order chi connectivity index (χ0) is 27.8. The van der Waals surface area contributed by atoms with E-state index in [2.05, 4.69) is 4.74 Å². The number of benzene rings is 1. The van der Waals surface area contributed by atoms with Gasteiger partial charge in [0.2, 0.25) is 17.7 Å². The maximum atomic E-state index is 12.9. The molecule has 1 unspecified atom stereocenters. The predicted molar refractivity (Wildman–Crippen MR) is 129 cm³/mol. The number of alkyl halides is 3. The van der Waals surface area contributed by atoms with Crippen LogP contribution >= 0.6 is 11.6 Å². The van der Waals surface area contributed by atoms with Crippen molar-refractivity contribution in [3.8, 4) is 5.75 Å². The summed E-state index contributed by atoms with van der Waals surface area (Å²) in [6, 6.07) is 2.71. The minimum atomic E-state index is -4.90. The normalized spacial score (nSPS) is 24.0. The highest BCUT2D eigenvalue weighted by Crippen LogP contribution is 2.53. The molecule has 0 aromatic heterocycles. The molecular formula is C25H31ClF3N3O6. The van der Waals surface area contributed by atoms with Gasteiger partial charge < -0.3 is 29.6 Å². The topological polar surface area (TPSA) is 111 Å². The molecule has 210 valence electrons. The van der Waals surface area contributed by atoms with Crippen LogP contribution in [0.4, 0.5) is 13.2 Å². The molecular weight excluding hydrogens is 531 g/mol. The number of piperidine rings is 1. The fourth-order valence-electron chi connectivity index (χ4n) is 5.23. The van der Waals surface area contributed by atoms with Crippen molar-refractivity contribution in [2.45, 2.75) is 63.6 Å². The van der Waals surface area contributed by atoms with E-state index in [1.807, 2.05) is 0 Å². The van der Waals surface area contributed by atoms with Crippen molar-refractivity contribution >= 4 is 29.3 Å². The molecule has 3 atom stereocenters. The average molecular weight is 562 g/mol. The third kappa shape index (κ3) is 6.52. The Balaban J connectivity index is 1.26. The van der Waals surface area contributed by atoms with Gasteiger partial charge in [0.05, 0.1) is 30.1 Å². The van der Waals surface area contributed by atoms with E-state index in [0.717, 1.165) is 25.3 Å². The van der Waals surface area contributed by atoms with E-state index in [0.29, 0.717) is 12.1 Å². The van der Waals surface area contributed by atoms with Crippen LogP contribution < -0.4 is 4.74 Å². The van der Waals surface area contributed by atoms with E-state index in [4.69, 9.17) is 11.6 Å². The summed E-state index contributed by atoms with van der Waals surface area (Å²) < 4.78 is 41.1. The summed E-state index contributed by atoms with van der Waals surface area (Å²) in [6.07, 6.45) is -4.18. The summed E-state index contributed by atoms with van der Waals surface area (Å²) in [4.78, 5) is 42.7. The van der Waals surface area contributed by atoms with Crippen molar-refractivity contribution in [1.29, 1.82) is 0 Å². The molecule has 2 heterocycles. The SMILES string of the molecule is C[C@H]1C(=O)N(CC(O)CC(=O)N2CCC3(CC3)[C@H](O)C2)CCN1C(=O)Cc1ccc(OC(F)(F)F)c(Cl)c1. The Labute approximate surface area is 223 Å². The van der Waals surface area contributed by atoms with E-state index in [-0.39, 0.29) is 61.3 Å². The fraction of sp³-hybridized carbons (Fsp3) is 0.640. The van der Waals surface area contributed by atoms with Gasteiger partial charge in [-0.25, -0.2) is 0 Å². The number of aliphatic hydroxyl groups is 2. The van der Waals surface area contributed by atoms with Crippen LogP contribution in [0.25, 0.3) is 0 Å². The number of hydrogen-bond acceptors (Lipinski definition) is 6. The zero-order valence-electron chi connectivity index (χ0n) is 20.9. The van der Waals surface area contributed by atoms with Crippen LogP contribution in [0.2, 0.25) is 5.02 Å². The molecule has 2 N–H and O–H groups in total. The summed E-state index contributed by atoms with van der Waals surface area (Å²) in [5.74, 6) is -1.63. The van der Waals surface area contributed by atoms with Crippen molar-refractivity contribution in [2.24, 2.45) is 5.41 Å². The highest BCUT2D eigenvalue weighted by atomic mass is 35.5. The Morgan fingerprint density at radius 3 is 2.50 bits per heavy atom. The number of carbonyl (C=O) groups excluding carboxylic acids is 3. The molecule has 13 heteroatoms. The van der Waals surface area contributed by atoms with E-state index in [1.54, 1.807) is 11.8 Å². The molecule has 3 amide bonds. The van der Waals surface area contributed by atoms with E-state index in [1.165, 1.54) is 21.9 Å².